The Labute approximate surface area is 132 Å². The van der Waals surface area contributed by atoms with Crippen LogP contribution < -0.4 is 0 Å². The minimum Gasteiger partial charge on any atom is -0.381 e. The Bertz CT molecular complexity index is 534. The Morgan fingerprint density at radius 3 is 2.77 bits per heavy atom. The van der Waals surface area contributed by atoms with Gasteiger partial charge >= 0.3 is 0 Å². The SMILES string of the molecule is CN(C)CC1CN(C(=O)c2ccnn2C)CC12CCOCC2. The van der Waals surface area contributed by atoms with Crippen molar-refractivity contribution in [2.24, 2.45) is 18.4 Å². The van der Waals surface area contributed by atoms with Crippen LogP contribution in [0.1, 0.15) is 23.3 Å². The van der Waals surface area contributed by atoms with E-state index in [2.05, 4.69) is 24.1 Å². The third-order valence-corrected chi connectivity index (χ3v) is 5.21. The van der Waals surface area contributed by atoms with Crippen LogP contribution in [0.4, 0.5) is 0 Å². The van der Waals surface area contributed by atoms with Gasteiger partial charge in [-0.2, -0.15) is 5.10 Å². The summed E-state index contributed by atoms with van der Waals surface area (Å²) in [6.45, 7) is 4.34. The van der Waals surface area contributed by atoms with Gasteiger partial charge < -0.3 is 14.5 Å². The van der Waals surface area contributed by atoms with Crippen molar-refractivity contribution < 1.29 is 9.53 Å². The van der Waals surface area contributed by atoms with Gasteiger partial charge in [-0.05, 0) is 44.3 Å². The number of carbonyl (C=O) groups is 1. The Morgan fingerprint density at radius 1 is 1.45 bits per heavy atom. The van der Waals surface area contributed by atoms with Crippen molar-refractivity contribution in [1.82, 2.24) is 19.6 Å². The second-order valence-electron chi connectivity index (χ2n) is 6.96. The molecule has 1 spiro atoms. The lowest BCUT2D eigenvalue weighted by Gasteiger charge is -2.38. The van der Waals surface area contributed by atoms with Crippen molar-refractivity contribution in [3.63, 3.8) is 0 Å². The van der Waals surface area contributed by atoms with Gasteiger partial charge in [0.15, 0.2) is 0 Å². The van der Waals surface area contributed by atoms with Gasteiger partial charge in [-0.3, -0.25) is 9.48 Å². The van der Waals surface area contributed by atoms with E-state index in [0.717, 1.165) is 45.7 Å². The van der Waals surface area contributed by atoms with E-state index in [1.807, 2.05) is 11.9 Å². The monoisotopic (exact) mass is 306 g/mol. The second-order valence-corrected chi connectivity index (χ2v) is 6.96. The van der Waals surface area contributed by atoms with E-state index in [9.17, 15) is 4.79 Å². The number of hydrogen-bond donors (Lipinski definition) is 0. The Morgan fingerprint density at radius 2 is 2.18 bits per heavy atom. The van der Waals surface area contributed by atoms with Gasteiger partial charge in [0.1, 0.15) is 5.69 Å². The van der Waals surface area contributed by atoms with E-state index in [0.29, 0.717) is 11.6 Å². The zero-order valence-electron chi connectivity index (χ0n) is 13.8. The fraction of sp³-hybridized carbons (Fsp3) is 0.750. The smallest absolute Gasteiger partial charge is 0.272 e. The average molecular weight is 306 g/mol. The summed E-state index contributed by atoms with van der Waals surface area (Å²) in [5.74, 6) is 0.621. The molecular weight excluding hydrogens is 280 g/mol. The Kier molecular flexibility index (Phi) is 4.23. The van der Waals surface area contributed by atoms with Crippen LogP contribution in [0.2, 0.25) is 0 Å². The molecule has 2 aliphatic heterocycles. The van der Waals surface area contributed by atoms with Crippen LogP contribution in [0.3, 0.4) is 0 Å². The number of rotatable bonds is 3. The normalized spacial score (nSPS) is 24.4. The first-order valence-corrected chi connectivity index (χ1v) is 8.02. The number of aromatic nitrogens is 2. The predicted octanol–water partition coefficient (Wildman–Crippen LogP) is 0.850. The van der Waals surface area contributed by atoms with E-state index in [-0.39, 0.29) is 11.3 Å². The maximum Gasteiger partial charge on any atom is 0.272 e. The number of nitrogens with zero attached hydrogens (tertiary/aromatic N) is 4. The number of ether oxygens (including phenoxy) is 1. The van der Waals surface area contributed by atoms with Crippen LogP contribution in [0.15, 0.2) is 12.3 Å². The molecule has 0 aromatic carbocycles. The summed E-state index contributed by atoms with van der Waals surface area (Å²) < 4.78 is 7.23. The summed E-state index contributed by atoms with van der Waals surface area (Å²) >= 11 is 0. The zero-order chi connectivity index (χ0) is 15.7. The number of carbonyl (C=O) groups excluding carboxylic acids is 1. The Hall–Kier alpha value is -1.40. The predicted molar refractivity (Wildman–Crippen MR) is 83.6 cm³/mol. The molecule has 122 valence electrons. The molecule has 0 radical (unpaired) electrons. The standard InChI is InChI=1S/C16H26N4O2/c1-18(2)10-13-11-20(12-16(13)5-8-22-9-6-16)15(21)14-4-7-17-19(14)3/h4,7,13H,5-6,8-12H2,1-3H3. The van der Waals surface area contributed by atoms with Gasteiger partial charge in [-0.25, -0.2) is 0 Å². The van der Waals surface area contributed by atoms with E-state index in [1.54, 1.807) is 16.9 Å². The van der Waals surface area contributed by atoms with Crippen molar-refractivity contribution in [1.29, 1.82) is 0 Å². The molecular formula is C16H26N4O2. The molecule has 0 aliphatic carbocycles. The lowest BCUT2D eigenvalue weighted by atomic mass is 9.72. The van der Waals surface area contributed by atoms with E-state index >= 15 is 0 Å². The highest BCUT2D eigenvalue weighted by Gasteiger charge is 2.48. The molecule has 3 heterocycles. The number of aryl methyl sites for hydroxylation is 1. The Balaban J connectivity index is 1.80. The molecule has 0 N–H and O–H groups in total. The van der Waals surface area contributed by atoms with Gasteiger partial charge in [0.2, 0.25) is 0 Å². The van der Waals surface area contributed by atoms with Crippen molar-refractivity contribution in [2.45, 2.75) is 12.8 Å². The first-order valence-electron chi connectivity index (χ1n) is 8.02. The lowest BCUT2D eigenvalue weighted by Crippen LogP contribution is -2.41. The summed E-state index contributed by atoms with van der Waals surface area (Å²) in [7, 11) is 6.04. The minimum atomic E-state index is 0.104. The topological polar surface area (TPSA) is 50.6 Å². The molecule has 6 heteroatoms. The van der Waals surface area contributed by atoms with Crippen molar-refractivity contribution in [3.8, 4) is 0 Å². The van der Waals surface area contributed by atoms with E-state index < -0.39 is 0 Å². The van der Waals surface area contributed by atoms with Crippen LogP contribution in [-0.2, 0) is 11.8 Å². The molecule has 1 unspecified atom stereocenters. The lowest BCUT2D eigenvalue weighted by molar-refractivity contribution is -0.00454. The van der Waals surface area contributed by atoms with Crippen LogP contribution in [-0.4, -0.2) is 72.4 Å². The fourth-order valence-corrected chi connectivity index (χ4v) is 3.97. The fourth-order valence-electron chi connectivity index (χ4n) is 3.97. The molecule has 1 aromatic heterocycles. The third-order valence-electron chi connectivity index (χ3n) is 5.21. The van der Waals surface area contributed by atoms with Crippen LogP contribution in [0.5, 0.6) is 0 Å². The third kappa shape index (κ3) is 2.77. The van der Waals surface area contributed by atoms with Gasteiger partial charge in [0, 0.05) is 46.1 Å². The van der Waals surface area contributed by atoms with Crippen molar-refractivity contribution in [2.75, 3.05) is 46.9 Å². The number of likely N-dealkylation sites (tertiary alicyclic amines) is 1. The minimum absolute atomic E-state index is 0.104. The van der Waals surface area contributed by atoms with Crippen molar-refractivity contribution >= 4 is 5.91 Å². The molecule has 2 aliphatic rings. The molecule has 22 heavy (non-hydrogen) atoms. The summed E-state index contributed by atoms with van der Waals surface area (Å²) in [5, 5.41) is 4.12. The van der Waals surface area contributed by atoms with Crippen molar-refractivity contribution in [3.05, 3.63) is 18.0 Å². The van der Waals surface area contributed by atoms with Crippen LogP contribution >= 0.6 is 0 Å². The molecule has 1 aromatic rings. The molecule has 2 saturated heterocycles. The molecule has 0 bridgehead atoms. The highest BCUT2D eigenvalue weighted by Crippen LogP contribution is 2.44. The molecule has 2 fully saturated rings. The molecule has 1 amide bonds. The van der Waals surface area contributed by atoms with Gasteiger partial charge in [0.25, 0.3) is 5.91 Å². The molecule has 3 rings (SSSR count). The van der Waals surface area contributed by atoms with Gasteiger partial charge in [-0.15, -0.1) is 0 Å². The summed E-state index contributed by atoms with van der Waals surface area (Å²) in [5.41, 5.74) is 0.893. The van der Waals surface area contributed by atoms with E-state index in [4.69, 9.17) is 4.74 Å². The van der Waals surface area contributed by atoms with Gasteiger partial charge in [-0.1, -0.05) is 0 Å². The maximum absolute atomic E-state index is 12.8. The number of hydrogen-bond acceptors (Lipinski definition) is 4. The summed E-state index contributed by atoms with van der Waals surface area (Å²) in [4.78, 5) is 17.1. The number of amides is 1. The van der Waals surface area contributed by atoms with Crippen LogP contribution in [0.25, 0.3) is 0 Å². The molecule has 0 saturated carbocycles. The van der Waals surface area contributed by atoms with Gasteiger partial charge in [0.05, 0.1) is 0 Å². The highest BCUT2D eigenvalue weighted by molar-refractivity contribution is 5.92. The zero-order valence-corrected chi connectivity index (χ0v) is 13.8. The summed E-state index contributed by atoms with van der Waals surface area (Å²) in [6, 6.07) is 1.80. The maximum atomic E-state index is 12.8. The van der Waals surface area contributed by atoms with Crippen LogP contribution in [0, 0.1) is 11.3 Å². The van der Waals surface area contributed by atoms with E-state index in [1.165, 1.54) is 0 Å². The average Bonchev–Trinajstić information content (AvgIpc) is 3.04. The molecule has 1 atom stereocenters. The first kappa shape index (κ1) is 15.5. The quantitative estimate of drug-likeness (QED) is 0.831. The largest absolute Gasteiger partial charge is 0.381 e. The second kappa shape index (κ2) is 6.01. The summed E-state index contributed by atoms with van der Waals surface area (Å²) in [6.07, 6.45) is 3.80. The first-order chi connectivity index (χ1) is 10.5. The molecule has 6 nitrogen and oxygen atoms in total. The highest BCUT2D eigenvalue weighted by atomic mass is 16.5.